The highest BCUT2D eigenvalue weighted by Crippen LogP contribution is 2.21. The number of pyridine rings is 1. The van der Waals surface area contributed by atoms with E-state index in [1.165, 1.54) is 12.0 Å². The van der Waals surface area contributed by atoms with E-state index in [9.17, 15) is 9.59 Å². The first-order valence-corrected chi connectivity index (χ1v) is 8.70. The van der Waals surface area contributed by atoms with Crippen LogP contribution >= 0.6 is 15.9 Å². The Morgan fingerprint density at radius 1 is 1.20 bits per heavy atom. The van der Waals surface area contributed by atoms with Crippen molar-refractivity contribution in [1.82, 2.24) is 9.88 Å². The molecule has 0 N–H and O–H groups in total. The molecule has 6 heteroatoms. The third kappa shape index (κ3) is 5.39. The molecule has 0 aliphatic heterocycles. The summed E-state index contributed by atoms with van der Waals surface area (Å²) in [4.78, 5) is 30.3. The van der Waals surface area contributed by atoms with Crippen LogP contribution in [0.2, 0.25) is 0 Å². The molecular weight excluding hydrogens is 384 g/mol. The van der Waals surface area contributed by atoms with Crippen LogP contribution in [-0.2, 0) is 27.3 Å². The van der Waals surface area contributed by atoms with E-state index < -0.39 is 5.97 Å². The highest BCUT2D eigenvalue weighted by molar-refractivity contribution is 9.10. The molecule has 2 aromatic rings. The highest BCUT2D eigenvalue weighted by atomic mass is 79.9. The molecule has 1 amide bonds. The third-order valence-electron chi connectivity index (χ3n) is 3.97. The fourth-order valence-electron chi connectivity index (χ4n) is 2.62. The normalized spacial score (nSPS) is 10.4. The molecule has 0 fully saturated rings. The molecule has 0 saturated carbocycles. The number of nitrogens with zero attached hydrogens (tertiary/aromatic N) is 2. The van der Waals surface area contributed by atoms with Gasteiger partial charge in [0.25, 0.3) is 0 Å². The predicted octanol–water partition coefficient (Wildman–Crippen LogP) is 3.21. The van der Waals surface area contributed by atoms with Gasteiger partial charge in [0.1, 0.15) is 6.54 Å². The number of ether oxygens (including phenoxy) is 1. The van der Waals surface area contributed by atoms with Gasteiger partial charge in [-0.25, -0.2) is 0 Å². The van der Waals surface area contributed by atoms with E-state index in [-0.39, 0.29) is 25.4 Å². The van der Waals surface area contributed by atoms with Crippen LogP contribution in [0.15, 0.2) is 41.0 Å². The minimum Gasteiger partial charge on any atom is -0.468 e. The number of aryl methyl sites for hydroxylation is 2. The summed E-state index contributed by atoms with van der Waals surface area (Å²) in [7, 11) is 1.31. The Bertz CT molecular complexity index is 740. The summed E-state index contributed by atoms with van der Waals surface area (Å²) in [5.41, 5.74) is 3.78. The van der Waals surface area contributed by atoms with E-state index in [1.807, 2.05) is 44.2 Å². The number of carbonyl (C=O) groups excluding carboxylic acids is 2. The van der Waals surface area contributed by atoms with Crippen LogP contribution in [0.4, 0.5) is 0 Å². The van der Waals surface area contributed by atoms with Gasteiger partial charge in [-0.05, 0) is 54.8 Å². The van der Waals surface area contributed by atoms with E-state index >= 15 is 0 Å². The van der Waals surface area contributed by atoms with Crippen LogP contribution in [0.5, 0.6) is 0 Å². The first kappa shape index (κ1) is 19.1. The summed E-state index contributed by atoms with van der Waals surface area (Å²) in [5, 5.41) is 0. The summed E-state index contributed by atoms with van der Waals surface area (Å²) in [6.07, 6.45) is 1.90. The van der Waals surface area contributed by atoms with Gasteiger partial charge in [0, 0.05) is 10.7 Å². The van der Waals surface area contributed by atoms with Crippen molar-refractivity contribution < 1.29 is 14.3 Å². The zero-order valence-corrected chi connectivity index (χ0v) is 16.2. The minimum absolute atomic E-state index is 0.0967. The third-order valence-corrected chi connectivity index (χ3v) is 4.43. The summed E-state index contributed by atoms with van der Waals surface area (Å²) in [5.74, 6) is -0.585. The maximum Gasteiger partial charge on any atom is 0.325 e. The van der Waals surface area contributed by atoms with Crippen LogP contribution in [0.3, 0.4) is 0 Å². The number of carbonyl (C=O) groups is 2. The van der Waals surface area contributed by atoms with Crippen molar-refractivity contribution >= 4 is 27.8 Å². The molecule has 2 rings (SSSR count). The monoisotopic (exact) mass is 404 g/mol. The second-order valence-corrected chi connectivity index (χ2v) is 6.76. The zero-order valence-electron chi connectivity index (χ0n) is 14.6. The van der Waals surface area contributed by atoms with Crippen LogP contribution in [0.1, 0.15) is 22.4 Å². The van der Waals surface area contributed by atoms with Crippen molar-refractivity contribution in [3.63, 3.8) is 0 Å². The topological polar surface area (TPSA) is 59.5 Å². The Balaban J connectivity index is 2.21. The molecular formula is C19H21BrN2O3. The largest absolute Gasteiger partial charge is 0.468 e. The smallest absolute Gasteiger partial charge is 0.325 e. The van der Waals surface area contributed by atoms with Crippen molar-refractivity contribution in [2.24, 2.45) is 0 Å². The van der Waals surface area contributed by atoms with Gasteiger partial charge >= 0.3 is 5.97 Å². The van der Waals surface area contributed by atoms with E-state index in [4.69, 9.17) is 4.74 Å². The van der Waals surface area contributed by atoms with E-state index in [2.05, 4.69) is 20.9 Å². The van der Waals surface area contributed by atoms with Gasteiger partial charge in [0.05, 0.1) is 25.8 Å². The Labute approximate surface area is 156 Å². The molecule has 25 heavy (non-hydrogen) atoms. The van der Waals surface area contributed by atoms with Crippen molar-refractivity contribution in [3.8, 4) is 0 Å². The second kappa shape index (κ2) is 8.76. The SMILES string of the molecule is COC(=O)CN(Cc1ccccn1)C(=O)Cc1c(C)cc(Br)cc1C. The number of hydrogen-bond donors (Lipinski definition) is 0. The maximum absolute atomic E-state index is 12.8. The van der Waals surface area contributed by atoms with E-state index in [0.29, 0.717) is 0 Å². The quantitative estimate of drug-likeness (QED) is 0.693. The average molecular weight is 405 g/mol. The number of methoxy groups -OCH3 is 1. The molecule has 0 unspecified atom stereocenters. The van der Waals surface area contributed by atoms with Gasteiger partial charge < -0.3 is 9.64 Å². The van der Waals surface area contributed by atoms with Crippen LogP contribution in [-0.4, -0.2) is 35.4 Å². The lowest BCUT2D eigenvalue weighted by Crippen LogP contribution is -2.37. The fraction of sp³-hybridized carbons (Fsp3) is 0.316. The summed E-state index contributed by atoms with van der Waals surface area (Å²) in [6, 6.07) is 9.46. The van der Waals surface area contributed by atoms with E-state index in [0.717, 1.165) is 26.9 Å². The number of aromatic nitrogens is 1. The van der Waals surface area contributed by atoms with Crippen LogP contribution < -0.4 is 0 Å². The second-order valence-electron chi connectivity index (χ2n) is 5.84. The Kier molecular flexibility index (Phi) is 6.70. The Hall–Kier alpha value is -2.21. The number of hydrogen-bond acceptors (Lipinski definition) is 4. The lowest BCUT2D eigenvalue weighted by Gasteiger charge is -2.22. The number of rotatable bonds is 6. The molecule has 1 aromatic carbocycles. The lowest BCUT2D eigenvalue weighted by molar-refractivity contribution is -0.147. The van der Waals surface area contributed by atoms with Crippen LogP contribution in [0, 0.1) is 13.8 Å². The fourth-order valence-corrected chi connectivity index (χ4v) is 3.31. The van der Waals surface area contributed by atoms with Gasteiger partial charge in [-0.15, -0.1) is 0 Å². The summed E-state index contributed by atoms with van der Waals surface area (Å²) < 4.78 is 5.71. The molecule has 0 bridgehead atoms. The molecule has 0 radical (unpaired) electrons. The lowest BCUT2D eigenvalue weighted by atomic mass is 9.99. The van der Waals surface area contributed by atoms with Gasteiger partial charge in [0.2, 0.25) is 5.91 Å². The first-order chi connectivity index (χ1) is 11.9. The van der Waals surface area contributed by atoms with Crippen molar-refractivity contribution in [2.75, 3.05) is 13.7 Å². The van der Waals surface area contributed by atoms with Crippen molar-refractivity contribution in [3.05, 3.63) is 63.4 Å². The molecule has 132 valence electrons. The summed E-state index contributed by atoms with van der Waals surface area (Å²) >= 11 is 3.46. The van der Waals surface area contributed by atoms with E-state index in [1.54, 1.807) is 6.20 Å². The van der Waals surface area contributed by atoms with Gasteiger partial charge in [0.15, 0.2) is 0 Å². The number of halogens is 1. The highest BCUT2D eigenvalue weighted by Gasteiger charge is 2.20. The summed E-state index contributed by atoms with van der Waals surface area (Å²) in [6.45, 7) is 4.12. The van der Waals surface area contributed by atoms with Gasteiger partial charge in [-0.2, -0.15) is 0 Å². The molecule has 1 aromatic heterocycles. The standard InChI is InChI=1S/C19H21BrN2O3/c1-13-8-15(20)9-14(2)17(13)10-18(23)22(12-19(24)25-3)11-16-6-4-5-7-21-16/h4-9H,10-12H2,1-3H3. The predicted molar refractivity (Wildman–Crippen MR) is 99.0 cm³/mol. The van der Waals surface area contributed by atoms with Crippen molar-refractivity contribution in [2.45, 2.75) is 26.8 Å². The molecule has 0 spiro atoms. The van der Waals surface area contributed by atoms with Crippen LogP contribution in [0.25, 0.3) is 0 Å². The average Bonchev–Trinajstić information content (AvgIpc) is 2.58. The molecule has 0 atom stereocenters. The molecule has 5 nitrogen and oxygen atoms in total. The molecule has 0 aliphatic carbocycles. The Morgan fingerprint density at radius 2 is 1.88 bits per heavy atom. The zero-order chi connectivity index (χ0) is 18.4. The van der Waals surface area contributed by atoms with Gasteiger partial charge in [-0.1, -0.05) is 22.0 Å². The Morgan fingerprint density at radius 3 is 2.44 bits per heavy atom. The number of amides is 1. The van der Waals surface area contributed by atoms with Gasteiger partial charge in [-0.3, -0.25) is 14.6 Å². The molecule has 0 aliphatic rings. The molecule has 0 saturated heterocycles. The minimum atomic E-state index is -0.450. The number of esters is 1. The molecule has 1 heterocycles. The number of benzene rings is 1. The van der Waals surface area contributed by atoms with Crippen molar-refractivity contribution in [1.29, 1.82) is 0 Å². The first-order valence-electron chi connectivity index (χ1n) is 7.91. The maximum atomic E-state index is 12.8.